The summed E-state index contributed by atoms with van der Waals surface area (Å²) in [5.74, 6) is 3.50. The van der Waals surface area contributed by atoms with E-state index >= 15 is 0 Å². The largest absolute Gasteiger partial charge is 0.271 e. The molecule has 94 valence electrons. The highest BCUT2D eigenvalue weighted by Gasteiger charge is 2.20. The van der Waals surface area contributed by atoms with E-state index in [1.165, 1.54) is 30.3 Å². The summed E-state index contributed by atoms with van der Waals surface area (Å²) in [5.41, 5.74) is 2.62. The van der Waals surface area contributed by atoms with E-state index in [1.807, 2.05) is 0 Å². The third-order valence-corrected chi connectivity index (χ3v) is 2.66. The minimum Gasteiger partial charge on any atom is -0.271 e. The molecule has 2 aromatic carbocycles. The number of rotatable bonds is 3. The van der Waals surface area contributed by atoms with Gasteiger partial charge in [-0.1, -0.05) is 18.2 Å². The van der Waals surface area contributed by atoms with Crippen molar-refractivity contribution in [1.29, 1.82) is 0 Å². The third-order valence-electron chi connectivity index (χ3n) is 2.66. The van der Waals surface area contributed by atoms with E-state index < -0.39 is 23.5 Å². The lowest BCUT2D eigenvalue weighted by Crippen LogP contribution is -2.30. The van der Waals surface area contributed by atoms with E-state index in [2.05, 4.69) is 5.43 Å². The first-order chi connectivity index (χ1) is 8.63. The molecule has 0 saturated heterocycles. The van der Waals surface area contributed by atoms with Crippen LogP contribution >= 0.6 is 0 Å². The van der Waals surface area contributed by atoms with Gasteiger partial charge in [-0.3, -0.25) is 5.84 Å². The van der Waals surface area contributed by atoms with Crippen LogP contribution in [0.15, 0.2) is 42.5 Å². The molecule has 1 unspecified atom stereocenters. The SMILES string of the molecule is NNC(c1ccc(F)cc1)c1c(F)cccc1F. The van der Waals surface area contributed by atoms with Crippen LogP contribution in [-0.4, -0.2) is 0 Å². The van der Waals surface area contributed by atoms with Gasteiger partial charge in [0.25, 0.3) is 0 Å². The topological polar surface area (TPSA) is 38.0 Å². The van der Waals surface area contributed by atoms with Crippen molar-refractivity contribution in [3.63, 3.8) is 0 Å². The van der Waals surface area contributed by atoms with Gasteiger partial charge in [0.15, 0.2) is 0 Å². The monoisotopic (exact) mass is 252 g/mol. The van der Waals surface area contributed by atoms with E-state index in [4.69, 9.17) is 5.84 Å². The quantitative estimate of drug-likeness (QED) is 0.651. The van der Waals surface area contributed by atoms with Gasteiger partial charge in [-0.2, -0.15) is 0 Å². The zero-order chi connectivity index (χ0) is 13.1. The molecule has 1 atom stereocenters. The van der Waals surface area contributed by atoms with E-state index in [0.717, 1.165) is 12.1 Å². The number of hydrogen-bond donors (Lipinski definition) is 2. The van der Waals surface area contributed by atoms with Crippen LogP contribution < -0.4 is 11.3 Å². The normalized spacial score (nSPS) is 12.4. The van der Waals surface area contributed by atoms with Gasteiger partial charge in [0.1, 0.15) is 17.5 Å². The van der Waals surface area contributed by atoms with Gasteiger partial charge in [-0.15, -0.1) is 0 Å². The maximum Gasteiger partial charge on any atom is 0.131 e. The fourth-order valence-electron chi connectivity index (χ4n) is 1.79. The minimum absolute atomic E-state index is 0.188. The molecule has 0 aliphatic carbocycles. The molecule has 0 amide bonds. The highest BCUT2D eigenvalue weighted by molar-refractivity contribution is 5.33. The predicted molar refractivity (Wildman–Crippen MR) is 61.9 cm³/mol. The summed E-state index contributed by atoms with van der Waals surface area (Å²) in [7, 11) is 0. The first-order valence-electron chi connectivity index (χ1n) is 5.29. The van der Waals surface area contributed by atoms with E-state index in [0.29, 0.717) is 5.56 Å². The number of nitrogens with one attached hydrogen (secondary N) is 1. The highest BCUT2D eigenvalue weighted by Crippen LogP contribution is 2.26. The fourth-order valence-corrected chi connectivity index (χ4v) is 1.79. The van der Waals surface area contributed by atoms with Crippen molar-refractivity contribution in [3.8, 4) is 0 Å². The number of halogens is 3. The van der Waals surface area contributed by atoms with Gasteiger partial charge in [0.05, 0.1) is 6.04 Å². The molecule has 5 heteroatoms. The Morgan fingerprint density at radius 1 is 0.889 bits per heavy atom. The summed E-state index contributed by atoms with van der Waals surface area (Å²) in [4.78, 5) is 0. The van der Waals surface area contributed by atoms with Crippen LogP contribution in [-0.2, 0) is 0 Å². The number of hydrogen-bond acceptors (Lipinski definition) is 2. The van der Waals surface area contributed by atoms with Gasteiger partial charge in [-0.05, 0) is 29.8 Å². The summed E-state index contributed by atoms with van der Waals surface area (Å²) in [5, 5.41) is 0. The summed E-state index contributed by atoms with van der Waals surface area (Å²) in [6.45, 7) is 0. The predicted octanol–water partition coefficient (Wildman–Crippen LogP) is 2.66. The van der Waals surface area contributed by atoms with Crippen LogP contribution in [0.4, 0.5) is 13.2 Å². The molecular weight excluding hydrogens is 241 g/mol. The zero-order valence-electron chi connectivity index (χ0n) is 9.33. The Morgan fingerprint density at radius 3 is 1.94 bits per heavy atom. The van der Waals surface area contributed by atoms with Crippen molar-refractivity contribution in [2.75, 3.05) is 0 Å². The average Bonchev–Trinajstić information content (AvgIpc) is 2.35. The van der Waals surface area contributed by atoms with Gasteiger partial charge >= 0.3 is 0 Å². The lowest BCUT2D eigenvalue weighted by atomic mass is 9.98. The van der Waals surface area contributed by atoms with Gasteiger partial charge in [0, 0.05) is 5.56 Å². The number of benzene rings is 2. The molecule has 3 N–H and O–H groups in total. The maximum absolute atomic E-state index is 13.6. The van der Waals surface area contributed by atoms with Crippen LogP contribution in [0.25, 0.3) is 0 Å². The summed E-state index contributed by atoms with van der Waals surface area (Å²) < 4.78 is 40.1. The molecule has 0 aromatic heterocycles. The third kappa shape index (κ3) is 2.37. The first kappa shape index (κ1) is 12.6. The van der Waals surface area contributed by atoms with Gasteiger partial charge in [0.2, 0.25) is 0 Å². The first-order valence-corrected chi connectivity index (χ1v) is 5.29. The molecule has 0 bridgehead atoms. The number of nitrogens with two attached hydrogens (primary N) is 1. The van der Waals surface area contributed by atoms with Crippen molar-refractivity contribution in [2.24, 2.45) is 5.84 Å². The molecule has 0 aliphatic heterocycles. The number of hydrazine groups is 1. The Hall–Kier alpha value is -1.85. The minimum atomic E-state index is -0.869. The molecule has 0 heterocycles. The summed E-state index contributed by atoms with van der Waals surface area (Å²) >= 11 is 0. The van der Waals surface area contributed by atoms with E-state index in [1.54, 1.807) is 0 Å². The lowest BCUT2D eigenvalue weighted by Gasteiger charge is -2.18. The molecule has 2 aromatic rings. The molecular formula is C13H11F3N2. The molecule has 0 fully saturated rings. The van der Waals surface area contributed by atoms with Crippen molar-refractivity contribution < 1.29 is 13.2 Å². The summed E-state index contributed by atoms with van der Waals surface area (Å²) in [6.07, 6.45) is 0. The van der Waals surface area contributed by atoms with Crippen LogP contribution in [0.3, 0.4) is 0 Å². The highest BCUT2D eigenvalue weighted by atomic mass is 19.1. The second kappa shape index (κ2) is 5.20. The van der Waals surface area contributed by atoms with E-state index in [9.17, 15) is 13.2 Å². The Labute approximate surface area is 102 Å². The Morgan fingerprint density at radius 2 is 1.44 bits per heavy atom. The van der Waals surface area contributed by atoms with E-state index in [-0.39, 0.29) is 5.56 Å². The van der Waals surface area contributed by atoms with Crippen molar-refractivity contribution in [2.45, 2.75) is 6.04 Å². The second-order valence-electron chi connectivity index (χ2n) is 3.79. The Balaban J connectivity index is 2.48. The van der Waals surface area contributed by atoms with Crippen LogP contribution in [0, 0.1) is 17.5 Å². The lowest BCUT2D eigenvalue weighted by molar-refractivity contribution is 0.510. The second-order valence-corrected chi connectivity index (χ2v) is 3.79. The molecule has 2 rings (SSSR count). The van der Waals surface area contributed by atoms with Crippen molar-refractivity contribution in [3.05, 3.63) is 71.0 Å². The fraction of sp³-hybridized carbons (Fsp3) is 0.0769. The molecule has 18 heavy (non-hydrogen) atoms. The molecule has 0 spiro atoms. The Kier molecular flexibility index (Phi) is 3.64. The van der Waals surface area contributed by atoms with Gasteiger partial charge < -0.3 is 0 Å². The summed E-state index contributed by atoms with van der Waals surface area (Å²) in [6, 6.07) is 7.95. The molecule has 0 saturated carbocycles. The maximum atomic E-state index is 13.6. The van der Waals surface area contributed by atoms with Crippen molar-refractivity contribution in [1.82, 2.24) is 5.43 Å². The molecule has 0 aliphatic rings. The van der Waals surface area contributed by atoms with Crippen molar-refractivity contribution >= 4 is 0 Å². The zero-order valence-corrected chi connectivity index (χ0v) is 9.33. The van der Waals surface area contributed by atoms with Gasteiger partial charge in [-0.25, -0.2) is 18.6 Å². The van der Waals surface area contributed by atoms with Crippen LogP contribution in [0.2, 0.25) is 0 Å². The standard InChI is InChI=1S/C13H11F3N2/c14-9-6-4-8(5-7-9)13(18-17)12-10(15)2-1-3-11(12)16/h1-7,13,18H,17H2. The molecule has 0 radical (unpaired) electrons. The Bertz CT molecular complexity index is 520. The smallest absolute Gasteiger partial charge is 0.131 e. The van der Waals surface area contributed by atoms with Crippen LogP contribution in [0.5, 0.6) is 0 Å². The molecule has 2 nitrogen and oxygen atoms in total. The van der Waals surface area contributed by atoms with Crippen LogP contribution in [0.1, 0.15) is 17.2 Å². The average molecular weight is 252 g/mol.